The molecule has 0 fully saturated rings. The zero-order valence-corrected chi connectivity index (χ0v) is 10.2. The predicted molar refractivity (Wildman–Crippen MR) is 73.4 cm³/mol. The molecule has 0 aliphatic heterocycles. The van der Waals surface area contributed by atoms with Gasteiger partial charge in [0.05, 0.1) is 5.69 Å². The van der Waals surface area contributed by atoms with Crippen LogP contribution in [0.2, 0.25) is 0 Å². The molecule has 0 aliphatic carbocycles. The van der Waals surface area contributed by atoms with Crippen molar-refractivity contribution in [3.8, 4) is 11.3 Å². The summed E-state index contributed by atoms with van der Waals surface area (Å²) in [5, 5.41) is 10.2. The van der Waals surface area contributed by atoms with Gasteiger partial charge in [-0.15, -0.1) is 0 Å². The predicted octanol–water partition coefficient (Wildman–Crippen LogP) is 2.48. The Hall–Kier alpha value is -2.69. The van der Waals surface area contributed by atoms with E-state index in [0.717, 1.165) is 22.5 Å². The van der Waals surface area contributed by atoms with E-state index in [4.69, 9.17) is 0 Å². The molecule has 0 saturated heterocycles. The highest BCUT2D eigenvalue weighted by Crippen LogP contribution is 2.19. The monoisotopic (exact) mass is 251 g/mol. The first-order valence-corrected chi connectivity index (χ1v) is 5.99. The molecule has 0 atom stereocenters. The molecule has 0 radical (unpaired) electrons. The summed E-state index contributed by atoms with van der Waals surface area (Å²) in [5.41, 5.74) is 4.25. The van der Waals surface area contributed by atoms with Crippen molar-refractivity contribution in [2.75, 3.05) is 5.32 Å². The lowest BCUT2D eigenvalue weighted by atomic mass is 10.1. The van der Waals surface area contributed by atoms with E-state index in [1.54, 1.807) is 18.6 Å². The maximum atomic E-state index is 3.98. The van der Waals surface area contributed by atoms with E-state index in [9.17, 15) is 0 Å². The Balaban J connectivity index is 1.67. The number of rotatable bonds is 4. The van der Waals surface area contributed by atoms with Gasteiger partial charge in [-0.05, 0) is 23.8 Å². The smallest absolute Gasteiger partial charge is 0.115 e. The van der Waals surface area contributed by atoms with Crippen molar-refractivity contribution in [3.63, 3.8) is 0 Å². The van der Waals surface area contributed by atoms with Gasteiger partial charge >= 0.3 is 0 Å². The van der Waals surface area contributed by atoms with Crippen molar-refractivity contribution < 1.29 is 0 Å². The van der Waals surface area contributed by atoms with Crippen LogP contribution < -0.4 is 5.32 Å². The maximum absolute atomic E-state index is 3.98. The van der Waals surface area contributed by atoms with E-state index >= 15 is 0 Å². The van der Waals surface area contributed by atoms with Crippen LogP contribution in [0.3, 0.4) is 0 Å². The molecule has 0 bridgehead atoms. The third-order valence-corrected chi connectivity index (χ3v) is 2.81. The standard InChI is InChI=1S/C14H13N5/c1-3-13(17-9-11-7-15-10-16-8-11)4-2-12(1)14-5-6-18-19-14/h1-8,10,17H,9H2,(H,18,19). The van der Waals surface area contributed by atoms with E-state index in [0.29, 0.717) is 6.54 Å². The molecule has 19 heavy (non-hydrogen) atoms. The summed E-state index contributed by atoms with van der Waals surface area (Å²) in [7, 11) is 0. The number of hydrogen-bond donors (Lipinski definition) is 2. The first-order valence-electron chi connectivity index (χ1n) is 5.99. The third-order valence-electron chi connectivity index (χ3n) is 2.81. The summed E-state index contributed by atoms with van der Waals surface area (Å²) in [6.45, 7) is 0.713. The van der Waals surface area contributed by atoms with E-state index in [-0.39, 0.29) is 0 Å². The normalized spacial score (nSPS) is 10.3. The summed E-state index contributed by atoms with van der Waals surface area (Å²) in [5.74, 6) is 0. The highest BCUT2D eigenvalue weighted by atomic mass is 15.1. The highest BCUT2D eigenvalue weighted by Gasteiger charge is 1.99. The van der Waals surface area contributed by atoms with E-state index in [1.807, 2.05) is 18.2 Å². The lowest BCUT2D eigenvalue weighted by Gasteiger charge is -2.06. The molecule has 0 unspecified atom stereocenters. The number of nitrogens with zero attached hydrogens (tertiary/aromatic N) is 3. The summed E-state index contributed by atoms with van der Waals surface area (Å²) in [6.07, 6.45) is 6.89. The van der Waals surface area contributed by atoms with Crippen LogP contribution in [-0.2, 0) is 6.54 Å². The molecule has 0 saturated carbocycles. The average Bonchev–Trinajstić information content (AvgIpc) is 3.01. The van der Waals surface area contributed by atoms with E-state index < -0.39 is 0 Å². The number of benzene rings is 1. The lowest BCUT2D eigenvalue weighted by molar-refractivity contribution is 1.05. The first kappa shape index (κ1) is 11.4. The minimum atomic E-state index is 0.713. The molecule has 1 aromatic carbocycles. The van der Waals surface area contributed by atoms with Crippen molar-refractivity contribution in [3.05, 3.63) is 60.8 Å². The lowest BCUT2D eigenvalue weighted by Crippen LogP contribution is -2.00. The van der Waals surface area contributed by atoms with Crippen LogP contribution in [0.5, 0.6) is 0 Å². The van der Waals surface area contributed by atoms with Crippen LogP contribution in [0.4, 0.5) is 5.69 Å². The zero-order valence-electron chi connectivity index (χ0n) is 10.2. The van der Waals surface area contributed by atoms with Crippen molar-refractivity contribution >= 4 is 5.69 Å². The van der Waals surface area contributed by atoms with Gasteiger partial charge in [0.15, 0.2) is 0 Å². The number of anilines is 1. The second-order valence-corrected chi connectivity index (χ2v) is 4.15. The molecule has 5 nitrogen and oxygen atoms in total. The van der Waals surface area contributed by atoms with E-state index in [1.165, 1.54) is 6.33 Å². The second kappa shape index (κ2) is 5.30. The molecule has 0 amide bonds. The fraction of sp³-hybridized carbons (Fsp3) is 0.0714. The van der Waals surface area contributed by atoms with Crippen molar-refractivity contribution in [1.82, 2.24) is 20.2 Å². The zero-order chi connectivity index (χ0) is 12.9. The number of H-pyrrole nitrogens is 1. The third kappa shape index (κ3) is 2.77. The molecule has 5 heteroatoms. The largest absolute Gasteiger partial charge is 0.381 e. The van der Waals surface area contributed by atoms with Crippen LogP contribution in [0.15, 0.2) is 55.2 Å². The fourth-order valence-corrected chi connectivity index (χ4v) is 1.81. The summed E-state index contributed by atoms with van der Waals surface area (Å²) in [4.78, 5) is 7.97. The number of nitrogens with one attached hydrogen (secondary N) is 2. The summed E-state index contributed by atoms with van der Waals surface area (Å²) >= 11 is 0. The Labute approximate surface area is 110 Å². The molecular weight excluding hydrogens is 238 g/mol. The van der Waals surface area contributed by atoms with Gasteiger partial charge in [0.1, 0.15) is 6.33 Å². The van der Waals surface area contributed by atoms with Crippen LogP contribution >= 0.6 is 0 Å². The molecule has 3 aromatic rings. The first-order chi connectivity index (χ1) is 9.42. The van der Waals surface area contributed by atoms with Crippen LogP contribution in [0, 0.1) is 0 Å². The second-order valence-electron chi connectivity index (χ2n) is 4.15. The van der Waals surface area contributed by atoms with Crippen molar-refractivity contribution in [2.45, 2.75) is 6.54 Å². The van der Waals surface area contributed by atoms with Crippen molar-refractivity contribution in [1.29, 1.82) is 0 Å². The van der Waals surface area contributed by atoms with Crippen LogP contribution in [0.1, 0.15) is 5.56 Å². The van der Waals surface area contributed by atoms with Gasteiger partial charge < -0.3 is 5.32 Å². The number of hydrogen-bond acceptors (Lipinski definition) is 4. The van der Waals surface area contributed by atoms with E-state index in [2.05, 4.69) is 37.6 Å². The van der Waals surface area contributed by atoms with Crippen molar-refractivity contribution in [2.24, 2.45) is 0 Å². The Morgan fingerprint density at radius 2 is 1.79 bits per heavy atom. The molecular formula is C14H13N5. The Morgan fingerprint density at radius 1 is 1.00 bits per heavy atom. The molecule has 2 aromatic heterocycles. The quantitative estimate of drug-likeness (QED) is 0.747. The topological polar surface area (TPSA) is 66.5 Å². The maximum Gasteiger partial charge on any atom is 0.115 e. The van der Waals surface area contributed by atoms with Crippen LogP contribution in [-0.4, -0.2) is 20.2 Å². The Morgan fingerprint density at radius 3 is 2.47 bits per heavy atom. The molecule has 2 heterocycles. The summed E-state index contributed by atoms with van der Waals surface area (Å²) in [6, 6.07) is 10.1. The molecule has 3 rings (SSSR count). The van der Waals surface area contributed by atoms with Gasteiger partial charge in [-0.25, -0.2) is 9.97 Å². The Bertz CT molecular complexity index is 617. The molecule has 0 spiro atoms. The van der Waals surface area contributed by atoms with Gasteiger partial charge in [-0.3, -0.25) is 5.10 Å². The molecule has 94 valence electrons. The van der Waals surface area contributed by atoms with Gasteiger partial charge in [-0.1, -0.05) is 12.1 Å². The Kier molecular flexibility index (Phi) is 3.18. The van der Waals surface area contributed by atoms with Gasteiger partial charge in [0.2, 0.25) is 0 Å². The highest BCUT2D eigenvalue weighted by molar-refractivity contribution is 5.62. The van der Waals surface area contributed by atoms with Gasteiger partial charge in [-0.2, -0.15) is 5.10 Å². The van der Waals surface area contributed by atoms with Gasteiger partial charge in [0.25, 0.3) is 0 Å². The summed E-state index contributed by atoms with van der Waals surface area (Å²) < 4.78 is 0. The minimum Gasteiger partial charge on any atom is -0.381 e. The minimum absolute atomic E-state index is 0.713. The fourth-order valence-electron chi connectivity index (χ4n) is 1.81. The number of aromatic amines is 1. The SMILES string of the molecule is c1ncc(CNc2ccc(-c3ccn[nH]3)cc2)cn1. The average molecular weight is 251 g/mol. The molecule has 2 N–H and O–H groups in total. The number of aromatic nitrogens is 4. The van der Waals surface area contributed by atoms with Gasteiger partial charge in [0, 0.05) is 36.4 Å². The molecule has 0 aliphatic rings. The van der Waals surface area contributed by atoms with Crippen LogP contribution in [0.25, 0.3) is 11.3 Å².